The highest BCUT2D eigenvalue weighted by atomic mass is 16.2. The number of aromatic nitrogens is 2. The van der Waals surface area contributed by atoms with E-state index in [1.165, 1.54) is 6.42 Å². The zero-order valence-corrected chi connectivity index (χ0v) is 12.9. The van der Waals surface area contributed by atoms with Gasteiger partial charge in [-0.2, -0.15) is 5.10 Å². The summed E-state index contributed by atoms with van der Waals surface area (Å²) in [6.07, 6.45) is 2.25. The first-order chi connectivity index (χ1) is 10.8. The third kappa shape index (κ3) is 3.20. The fourth-order valence-corrected chi connectivity index (χ4v) is 3.06. The van der Waals surface area contributed by atoms with Gasteiger partial charge in [-0.15, -0.1) is 0 Å². The van der Waals surface area contributed by atoms with Crippen LogP contribution in [-0.4, -0.2) is 47.7 Å². The first-order valence-electron chi connectivity index (χ1n) is 7.82. The van der Waals surface area contributed by atoms with E-state index in [2.05, 4.69) is 15.5 Å². The van der Waals surface area contributed by atoms with Crippen molar-refractivity contribution in [1.29, 1.82) is 0 Å². The van der Waals surface area contributed by atoms with Crippen LogP contribution in [0, 0.1) is 5.92 Å². The van der Waals surface area contributed by atoms with E-state index < -0.39 is 0 Å². The van der Waals surface area contributed by atoms with Crippen LogP contribution in [0.2, 0.25) is 0 Å². The molecule has 1 amide bonds. The first kappa shape index (κ1) is 14.8. The summed E-state index contributed by atoms with van der Waals surface area (Å²) in [5.74, 6) is 0.592. The largest absolute Gasteiger partial charge is 0.337 e. The van der Waals surface area contributed by atoms with E-state index in [-0.39, 0.29) is 5.91 Å². The number of nitrogens with zero attached hydrogens (tertiary/aromatic N) is 2. The van der Waals surface area contributed by atoms with Gasteiger partial charge in [0, 0.05) is 18.7 Å². The highest BCUT2D eigenvalue weighted by Gasteiger charge is 2.25. The van der Waals surface area contributed by atoms with Crippen molar-refractivity contribution in [3.8, 4) is 11.3 Å². The molecule has 1 aliphatic rings. The molecule has 0 radical (unpaired) electrons. The van der Waals surface area contributed by atoms with E-state index in [0.717, 1.165) is 37.3 Å². The van der Waals surface area contributed by atoms with Crippen LogP contribution in [0.1, 0.15) is 23.3 Å². The van der Waals surface area contributed by atoms with Crippen LogP contribution in [-0.2, 0) is 0 Å². The first-order valence-corrected chi connectivity index (χ1v) is 7.82. The van der Waals surface area contributed by atoms with Gasteiger partial charge in [0.1, 0.15) is 5.69 Å². The molecule has 5 heteroatoms. The van der Waals surface area contributed by atoms with Crippen molar-refractivity contribution < 1.29 is 4.79 Å². The van der Waals surface area contributed by atoms with Crippen molar-refractivity contribution >= 4 is 5.91 Å². The number of nitrogens with one attached hydrogen (secondary N) is 2. The van der Waals surface area contributed by atoms with Crippen LogP contribution in [0.25, 0.3) is 11.3 Å². The zero-order valence-electron chi connectivity index (χ0n) is 12.9. The molecule has 3 rings (SSSR count). The summed E-state index contributed by atoms with van der Waals surface area (Å²) >= 11 is 0. The summed E-state index contributed by atoms with van der Waals surface area (Å²) in [6.45, 7) is 2.61. The number of hydrogen-bond donors (Lipinski definition) is 2. The van der Waals surface area contributed by atoms with Gasteiger partial charge < -0.3 is 10.2 Å². The molecule has 0 bridgehead atoms. The lowest BCUT2D eigenvalue weighted by molar-refractivity contribution is 0.0668. The minimum absolute atomic E-state index is 0.0514. The van der Waals surface area contributed by atoms with Crippen LogP contribution in [0.3, 0.4) is 0 Å². The average Bonchev–Trinajstić information content (AvgIpc) is 3.05. The molecule has 1 fully saturated rings. The van der Waals surface area contributed by atoms with Gasteiger partial charge in [-0.3, -0.25) is 9.89 Å². The van der Waals surface area contributed by atoms with Gasteiger partial charge >= 0.3 is 0 Å². The predicted octanol–water partition coefficient (Wildman–Crippen LogP) is 2.15. The predicted molar refractivity (Wildman–Crippen MR) is 86.6 cm³/mol. The molecule has 0 saturated carbocycles. The molecule has 2 heterocycles. The highest BCUT2D eigenvalue weighted by Crippen LogP contribution is 2.20. The zero-order chi connectivity index (χ0) is 15.4. The number of likely N-dealkylation sites (tertiary alicyclic amines) is 1. The third-order valence-electron chi connectivity index (χ3n) is 4.18. The second-order valence-electron chi connectivity index (χ2n) is 5.85. The fourth-order valence-electron chi connectivity index (χ4n) is 3.06. The minimum Gasteiger partial charge on any atom is -0.337 e. The molecule has 0 aliphatic carbocycles. The summed E-state index contributed by atoms with van der Waals surface area (Å²) in [6, 6.07) is 11.7. The standard InChI is InChI=1S/C17H22N4O/c1-18-11-13-6-5-9-21(12-13)17(22)16-10-15(19-20-16)14-7-3-2-4-8-14/h2-4,7-8,10,13,18H,5-6,9,11-12H2,1H3,(H,19,20). The number of amides is 1. The van der Waals surface area contributed by atoms with Crippen molar-refractivity contribution in [3.05, 3.63) is 42.1 Å². The number of benzene rings is 1. The third-order valence-corrected chi connectivity index (χ3v) is 4.18. The van der Waals surface area contributed by atoms with Crippen LogP contribution in [0.15, 0.2) is 36.4 Å². The summed E-state index contributed by atoms with van der Waals surface area (Å²) in [7, 11) is 1.96. The molecule has 1 saturated heterocycles. The molecule has 1 aromatic carbocycles. The monoisotopic (exact) mass is 298 g/mol. The van der Waals surface area contributed by atoms with Crippen LogP contribution >= 0.6 is 0 Å². The Morgan fingerprint density at radius 1 is 1.41 bits per heavy atom. The van der Waals surface area contributed by atoms with Gasteiger partial charge in [0.25, 0.3) is 5.91 Å². The highest BCUT2D eigenvalue weighted by molar-refractivity contribution is 5.93. The number of H-pyrrole nitrogens is 1. The lowest BCUT2D eigenvalue weighted by atomic mass is 9.98. The van der Waals surface area contributed by atoms with E-state index in [1.807, 2.05) is 48.3 Å². The molecule has 2 N–H and O–H groups in total. The van der Waals surface area contributed by atoms with Gasteiger partial charge in [0.05, 0.1) is 5.69 Å². The lowest BCUT2D eigenvalue weighted by Gasteiger charge is -2.32. The smallest absolute Gasteiger partial charge is 0.271 e. The summed E-state index contributed by atoms with van der Waals surface area (Å²) in [5, 5.41) is 10.4. The Labute approximate surface area is 130 Å². The summed E-state index contributed by atoms with van der Waals surface area (Å²) < 4.78 is 0. The number of aromatic amines is 1. The van der Waals surface area contributed by atoms with E-state index in [9.17, 15) is 4.79 Å². The average molecular weight is 298 g/mol. The topological polar surface area (TPSA) is 61.0 Å². The molecule has 1 aliphatic heterocycles. The van der Waals surface area contributed by atoms with Crippen LogP contribution in [0.4, 0.5) is 0 Å². The Kier molecular flexibility index (Phi) is 4.53. The number of carbonyl (C=O) groups excluding carboxylic acids is 1. The van der Waals surface area contributed by atoms with E-state index in [4.69, 9.17) is 0 Å². The molecule has 1 atom stereocenters. The van der Waals surface area contributed by atoms with Gasteiger partial charge in [-0.25, -0.2) is 0 Å². The Morgan fingerprint density at radius 2 is 2.23 bits per heavy atom. The lowest BCUT2D eigenvalue weighted by Crippen LogP contribution is -2.42. The molecule has 1 aromatic heterocycles. The van der Waals surface area contributed by atoms with Gasteiger partial charge in [-0.1, -0.05) is 30.3 Å². The molecular formula is C17H22N4O. The molecular weight excluding hydrogens is 276 g/mol. The number of carbonyl (C=O) groups is 1. The Hall–Kier alpha value is -2.14. The molecule has 22 heavy (non-hydrogen) atoms. The Balaban J connectivity index is 1.71. The maximum absolute atomic E-state index is 12.6. The van der Waals surface area contributed by atoms with E-state index in [0.29, 0.717) is 11.6 Å². The second-order valence-corrected chi connectivity index (χ2v) is 5.85. The van der Waals surface area contributed by atoms with Gasteiger partial charge in [0.2, 0.25) is 0 Å². The Bertz CT molecular complexity index is 621. The van der Waals surface area contributed by atoms with Crippen molar-refractivity contribution in [3.63, 3.8) is 0 Å². The summed E-state index contributed by atoms with van der Waals surface area (Å²) in [5.41, 5.74) is 2.40. The minimum atomic E-state index is 0.0514. The quantitative estimate of drug-likeness (QED) is 0.909. The molecule has 0 spiro atoms. The normalized spacial score (nSPS) is 18.4. The van der Waals surface area contributed by atoms with Crippen molar-refractivity contribution in [2.45, 2.75) is 12.8 Å². The number of piperidine rings is 1. The number of rotatable bonds is 4. The summed E-state index contributed by atoms with van der Waals surface area (Å²) in [4.78, 5) is 14.6. The molecule has 1 unspecified atom stereocenters. The van der Waals surface area contributed by atoms with Crippen LogP contribution < -0.4 is 5.32 Å². The van der Waals surface area contributed by atoms with E-state index >= 15 is 0 Å². The number of hydrogen-bond acceptors (Lipinski definition) is 3. The van der Waals surface area contributed by atoms with Gasteiger partial charge in [-0.05, 0) is 38.4 Å². The van der Waals surface area contributed by atoms with Crippen LogP contribution in [0.5, 0.6) is 0 Å². The van der Waals surface area contributed by atoms with Gasteiger partial charge in [0.15, 0.2) is 0 Å². The second kappa shape index (κ2) is 6.75. The Morgan fingerprint density at radius 3 is 3.00 bits per heavy atom. The fraction of sp³-hybridized carbons (Fsp3) is 0.412. The van der Waals surface area contributed by atoms with Crippen molar-refractivity contribution in [2.75, 3.05) is 26.7 Å². The molecule has 116 valence electrons. The molecule has 2 aromatic rings. The van der Waals surface area contributed by atoms with Crippen molar-refractivity contribution in [2.24, 2.45) is 5.92 Å². The SMILES string of the molecule is CNCC1CCCN(C(=O)c2cc(-c3ccccc3)n[nH]2)C1. The van der Waals surface area contributed by atoms with E-state index in [1.54, 1.807) is 0 Å². The molecule has 5 nitrogen and oxygen atoms in total. The maximum atomic E-state index is 12.6. The maximum Gasteiger partial charge on any atom is 0.271 e. The van der Waals surface area contributed by atoms with Crippen molar-refractivity contribution in [1.82, 2.24) is 20.4 Å².